The molecule has 2 aromatic carbocycles. The van der Waals surface area contributed by atoms with Crippen LogP contribution in [-0.2, 0) is 13.1 Å². The van der Waals surface area contributed by atoms with Crippen molar-refractivity contribution in [3.05, 3.63) is 101 Å². The monoisotopic (exact) mass is 382 g/mol. The fourth-order valence-electron chi connectivity index (χ4n) is 3.83. The topological polar surface area (TPSA) is 43.1 Å². The molecule has 0 bridgehead atoms. The lowest BCUT2D eigenvalue weighted by Crippen LogP contribution is -2.26. The van der Waals surface area contributed by atoms with Gasteiger partial charge in [-0.1, -0.05) is 35.4 Å². The van der Waals surface area contributed by atoms with E-state index in [0.717, 1.165) is 33.9 Å². The van der Waals surface area contributed by atoms with Gasteiger partial charge in [-0.3, -0.25) is 4.79 Å². The first-order chi connectivity index (χ1) is 14.1. The summed E-state index contributed by atoms with van der Waals surface area (Å²) >= 11 is 0. The highest BCUT2D eigenvalue weighted by Crippen LogP contribution is 2.31. The number of aromatic nitrogens is 3. The number of hydrogen-bond acceptors (Lipinski definition) is 2. The van der Waals surface area contributed by atoms with Crippen LogP contribution < -0.4 is 0 Å². The molecule has 1 aliphatic heterocycles. The first-order valence-electron chi connectivity index (χ1n) is 9.77. The highest BCUT2D eigenvalue weighted by Gasteiger charge is 2.31. The van der Waals surface area contributed by atoms with Gasteiger partial charge in [-0.25, -0.2) is 4.68 Å². The van der Waals surface area contributed by atoms with Gasteiger partial charge in [0, 0.05) is 23.5 Å². The second kappa shape index (κ2) is 6.78. The zero-order valence-corrected chi connectivity index (χ0v) is 16.5. The van der Waals surface area contributed by atoms with Crippen molar-refractivity contribution in [2.75, 3.05) is 0 Å². The molecule has 0 radical (unpaired) electrons. The normalized spacial score (nSPS) is 13.0. The number of hydrogen-bond donors (Lipinski definition) is 0. The molecule has 0 aliphatic carbocycles. The van der Waals surface area contributed by atoms with E-state index in [0.29, 0.717) is 13.1 Å². The van der Waals surface area contributed by atoms with Crippen LogP contribution in [0.15, 0.2) is 73.1 Å². The lowest BCUT2D eigenvalue weighted by molar-refractivity contribution is 0.0749. The van der Waals surface area contributed by atoms with Crippen molar-refractivity contribution in [3.8, 4) is 11.5 Å². The van der Waals surface area contributed by atoms with Crippen LogP contribution in [0.25, 0.3) is 11.5 Å². The first kappa shape index (κ1) is 17.5. The van der Waals surface area contributed by atoms with Crippen molar-refractivity contribution >= 4 is 5.91 Å². The van der Waals surface area contributed by atoms with Crippen LogP contribution in [0.4, 0.5) is 0 Å². The van der Waals surface area contributed by atoms with Crippen LogP contribution in [0.2, 0.25) is 0 Å². The lowest BCUT2D eigenvalue weighted by Gasteiger charge is -2.18. The number of fused-ring (bicyclic) bond motifs is 1. The number of amides is 1. The third kappa shape index (κ3) is 3.05. The SMILES string of the molecule is Cc1ccc(C(=O)N2Cc3nn(-c4ccc(C)cc4)c(-n4cccc4)c3C2)cc1. The molecule has 144 valence electrons. The highest BCUT2D eigenvalue weighted by molar-refractivity contribution is 5.94. The minimum atomic E-state index is 0.0448. The molecule has 0 saturated heterocycles. The van der Waals surface area contributed by atoms with Crippen LogP contribution in [0.5, 0.6) is 0 Å². The van der Waals surface area contributed by atoms with E-state index in [9.17, 15) is 4.79 Å². The average molecular weight is 382 g/mol. The van der Waals surface area contributed by atoms with Crippen molar-refractivity contribution < 1.29 is 4.79 Å². The number of benzene rings is 2. The molecule has 0 fully saturated rings. The zero-order chi connectivity index (χ0) is 20.0. The summed E-state index contributed by atoms with van der Waals surface area (Å²) in [6, 6.07) is 20.1. The Morgan fingerprint density at radius 3 is 2.14 bits per heavy atom. The molecule has 1 amide bonds. The van der Waals surface area contributed by atoms with E-state index < -0.39 is 0 Å². The Morgan fingerprint density at radius 2 is 1.48 bits per heavy atom. The number of nitrogens with zero attached hydrogens (tertiary/aromatic N) is 4. The standard InChI is InChI=1S/C24H22N4O/c1-17-5-9-19(10-6-17)24(29)27-15-21-22(16-27)25-28(20-11-7-18(2)8-12-20)23(21)26-13-3-4-14-26/h3-14H,15-16H2,1-2H3. The molecule has 0 saturated carbocycles. The quantitative estimate of drug-likeness (QED) is 0.526. The van der Waals surface area contributed by atoms with Crippen molar-refractivity contribution in [2.24, 2.45) is 0 Å². The molecule has 0 N–H and O–H groups in total. The molecule has 4 aromatic rings. The van der Waals surface area contributed by atoms with Crippen molar-refractivity contribution in [3.63, 3.8) is 0 Å². The molecule has 2 aromatic heterocycles. The maximum absolute atomic E-state index is 13.0. The molecule has 5 nitrogen and oxygen atoms in total. The Hall–Kier alpha value is -3.60. The number of rotatable bonds is 3. The van der Waals surface area contributed by atoms with E-state index in [1.54, 1.807) is 0 Å². The number of aryl methyl sites for hydroxylation is 2. The third-order valence-electron chi connectivity index (χ3n) is 5.44. The minimum absolute atomic E-state index is 0.0448. The fourth-order valence-corrected chi connectivity index (χ4v) is 3.83. The number of carbonyl (C=O) groups excluding carboxylic acids is 1. The van der Waals surface area contributed by atoms with Crippen LogP contribution in [0.1, 0.15) is 32.7 Å². The minimum Gasteiger partial charge on any atom is -0.328 e. The third-order valence-corrected chi connectivity index (χ3v) is 5.44. The smallest absolute Gasteiger partial charge is 0.254 e. The van der Waals surface area contributed by atoms with E-state index >= 15 is 0 Å². The van der Waals surface area contributed by atoms with E-state index in [1.165, 1.54) is 5.56 Å². The van der Waals surface area contributed by atoms with Crippen molar-refractivity contribution in [2.45, 2.75) is 26.9 Å². The summed E-state index contributed by atoms with van der Waals surface area (Å²) in [6.07, 6.45) is 4.04. The molecule has 5 heteroatoms. The van der Waals surface area contributed by atoms with Gasteiger partial charge in [0.05, 0.1) is 24.5 Å². The molecule has 3 heterocycles. The molecular weight excluding hydrogens is 360 g/mol. The van der Waals surface area contributed by atoms with Gasteiger partial charge in [-0.05, 0) is 50.2 Å². The van der Waals surface area contributed by atoms with Gasteiger partial charge < -0.3 is 9.47 Å². The van der Waals surface area contributed by atoms with Gasteiger partial charge >= 0.3 is 0 Å². The van der Waals surface area contributed by atoms with Crippen LogP contribution in [0.3, 0.4) is 0 Å². The van der Waals surface area contributed by atoms with E-state index in [-0.39, 0.29) is 5.91 Å². The van der Waals surface area contributed by atoms with Crippen LogP contribution in [-0.4, -0.2) is 25.2 Å². The summed E-state index contributed by atoms with van der Waals surface area (Å²) in [5.41, 5.74) is 6.15. The molecule has 29 heavy (non-hydrogen) atoms. The highest BCUT2D eigenvalue weighted by atomic mass is 16.2. The summed E-state index contributed by atoms with van der Waals surface area (Å²) in [5.74, 6) is 1.04. The molecular formula is C24H22N4O. The van der Waals surface area contributed by atoms with Gasteiger partial charge in [0.2, 0.25) is 0 Å². The van der Waals surface area contributed by atoms with E-state index in [2.05, 4.69) is 35.8 Å². The predicted octanol–water partition coefficient (Wildman–Crippen LogP) is 4.44. The summed E-state index contributed by atoms with van der Waals surface area (Å²) in [4.78, 5) is 14.9. The average Bonchev–Trinajstić information content (AvgIpc) is 3.44. The van der Waals surface area contributed by atoms with Gasteiger partial charge in [0.25, 0.3) is 5.91 Å². The predicted molar refractivity (Wildman–Crippen MR) is 112 cm³/mol. The molecule has 0 unspecified atom stereocenters. The number of carbonyl (C=O) groups is 1. The summed E-state index contributed by atoms with van der Waals surface area (Å²) < 4.78 is 4.06. The maximum Gasteiger partial charge on any atom is 0.254 e. The molecule has 5 rings (SSSR count). The summed E-state index contributed by atoms with van der Waals surface area (Å²) in [5, 5.41) is 4.89. The lowest BCUT2D eigenvalue weighted by atomic mass is 10.1. The van der Waals surface area contributed by atoms with Crippen molar-refractivity contribution in [1.82, 2.24) is 19.2 Å². The van der Waals surface area contributed by atoms with Crippen LogP contribution in [0, 0.1) is 13.8 Å². The van der Waals surface area contributed by atoms with Gasteiger partial charge in [-0.2, -0.15) is 5.10 Å². The second-order valence-electron chi connectivity index (χ2n) is 7.61. The first-order valence-corrected chi connectivity index (χ1v) is 9.77. The fraction of sp³-hybridized carbons (Fsp3) is 0.167. The van der Waals surface area contributed by atoms with Gasteiger partial charge in [0.15, 0.2) is 0 Å². The Kier molecular flexibility index (Phi) is 4.09. The summed E-state index contributed by atoms with van der Waals surface area (Å²) in [6.45, 7) is 5.18. The summed E-state index contributed by atoms with van der Waals surface area (Å²) in [7, 11) is 0. The zero-order valence-electron chi connectivity index (χ0n) is 16.5. The van der Waals surface area contributed by atoms with Gasteiger partial charge in [-0.15, -0.1) is 0 Å². The van der Waals surface area contributed by atoms with Gasteiger partial charge in [0.1, 0.15) is 5.82 Å². The Balaban J connectivity index is 1.53. The Morgan fingerprint density at radius 1 is 0.862 bits per heavy atom. The molecule has 1 aliphatic rings. The van der Waals surface area contributed by atoms with E-state index in [4.69, 9.17) is 5.10 Å². The Labute approximate surface area is 169 Å². The van der Waals surface area contributed by atoms with Crippen molar-refractivity contribution in [1.29, 1.82) is 0 Å². The van der Waals surface area contributed by atoms with E-state index in [1.807, 2.05) is 65.3 Å². The largest absolute Gasteiger partial charge is 0.328 e. The van der Waals surface area contributed by atoms with Crippen LogP contribution >= 0.6 is 0 Å². The molecule has 0 spiro atoms. The Bertz CT molecular complexity index is 1170. The second-order valence-corrected chi connectivity index (χ2v) is 7.61. The maximum atomic E-state index is 13.0. The molecule has 0 atom stereocenters.